The molecular formula is C37H56O8. The maximum Gasteiger partial charge on any atom is 0.334 e. The summed E-state index contributed by atoms with van der Waals surface area (Å²) in [6, 6.07) is 0. The van der Waals surface area contributed by atoms with E-state index in [0.717, 1.165) is 49.7 Å². The molecule has 5 aliphatic rings. The second-order valence-corrected chi connectivity index (χ2v) is 16.9. The van der Waals surface area contributed by atoms with Crippen LogP contribution in [-0.4, -0.2) is 57.1 Å². The number of allylic oxidation sites excluding steroid dienone is 1. The highest BCUT2D eigenvalue weighted by atomic mass is 16.6. The Bertz CT molecular complexity index is 1320. The van der Waals surface area contributed by atoms with Gasteiger partial charge in [-0.3, -0.25) is 9.59 Å². The van der Waals surface area contributed by atoms with E-state index in [0.29, 0.717) is 24.7 Å². The third-order valence-corrected chi connectivity index (χ3v) is 14.1. The molecule has 0 aromatic rings. The molecule has 4 aliphatic carbocycles. The molecule has 0 saturated heterocycles. The molecule has 1 heterocycles. The predicted octanol–water partition coefficient (Wildman–Crippen LogP) is 6.52. The number of aliphatic hydroxyl groups excluding tert-OH is 1. The summed E-state index contributed by atoms with van der Waals surface area (Å²) in [5.41, 5.74) is 2.20. The summed E-state index contributed by atoms with van der Waals surface area (Å²) in [5.74, 6) is -1.07. The van der Waals surface area contributed by atoms with E-state index in [1.165, 1.54) is 12.5 Å². The van der Waals surface area contributed by atoms with Crippen molar-refractivity contribution in [1.82, 2.24) is 0 Å². The number of aliphatic hydroxyl groups is 2. The molecular weight excluding hydrogens is 572 g/mol. The van der Waals surface area contributed by atoms with E-state index >= 15 is 0 Å². The highest BCUT2D eigenvalue weighted by molar-refractivity contribution is 5.91. The van der Waals surface area contributed by atoms with Gasteiger partial charge in [-0.2, -0.15) is 0 Å². The molecule has 8 nitrogen and oxygen atoms in total. The molecule has 0 amide bonds. The van der Waals surface area contributed by atoms with Crippen LogP contribution in [-0.2, 0) is 23.9 Å². The number of aliphatic carboxylic acids is 1. The van der Waals surface area contributed by atoms with Gasteiger partial charge in [0.05, 0.1) is 24.5 Å². The minimum absolute atomic E-state index is 0.122. The maximum atomic E-state index is 12.9. The average Bonchev–Trinajstić information content (AvgIpc) is 3.33. The zero-order chi connectivity index (χ0) is 33.5. The van der Waals surface area contributed by atoms with E-state index in [4.69, 9.17) is 14.6 Å². The first-order valence-corrected chi connectivity index (χ1v) is 17.1. The Balaban J connectivity index is 1.37. The maximum absolute atomic E-state index is 12.9. The Hall–Kier alpha value is -2.19. The number of carboxylic acid groups (broad SMARTS) is 1. The lowest BCUT2D eigenvalue weighted by atomic mass is 9.42. The van der Waals surface area contributed by atoms with Crippen molar-refractivity contribution >= 4 is 17.9 Å². The number of carboxylic acids is 1. The lowest BCUT2D eigenvalue weighted by molar-refractivity contribution is -0.175. The second-order valence-electron chi connectivity index (χ2n) is 16.9. The quantitative estimate of drug-likeness (QED) is 0.205. The van der Waals surface area contributed by atoms with Gasteiger partial charge in [-0.25, -0.2) is 4.79 Å². The standard InChI is InChI=1S/C37H56O8/c1-20(16-26-21(2)22(3)32(42)44-26)23-12-15-36(8)24-10-11-27-33(4,5)29(45-31(41)19-34(6,43)18-30(39)40)13-14-35(27,7)25(24)17-28(38)37(23,36)9/h20,23,26-29,38,43H,10-19H2,1-9H3,(H,39,40)/t20-,23-,26+,27+,28+,29-,34+,35-,36+,37+/m1/s1. The SMILES string of the molecule is CC1=C(C)[C@H](C[C@@H](C)[C@H]2CC[C@@]3(C)C4=C(C[C@H](O)[C@]23C)[C@@]2(C)CC[C@@H](OC(=O)C[C@@](C)(O)CC(=O)O)C(C)(C)[C@@H]2CC4)OC1=O. The van der Waals surface area contributed by atoms with E-state index in [-0.39, 0.29) is 52.2 Å². The largest absolute Gasteiger partial charge is 0.481 e. The van der Waals surface area contributed by atoms with Crippen molar-refractivity contribution in [2.45, 2.75) is 150 Å². The molecule has 8 heteroatoms. The molecule has 0 aromatic heterocycles. The summed E-state index contributed by atoms with van der Waals surface area (Å²) in [5, 5.41) is 31.7. The first kappa shape index (κ1) is 34.2. The zero-order valence-electron chi connectivity index (χ0n) is 28.9. The zero-order valence-corrected chi connectivity index (χ0v) is 28.9. The summed E-state index contributed by atoms with van der Waals surface area (Å²) in [6.07, 6.45) is 5.13. The normalized spacial score (nSPS) is 41.0. The molecule has 1 aliphatic heterocycles. The number of esters is 2. The van der Waals surface area contributed by atoms with Crippen LogP contribution in [0.1, 0.15) is 127 Å². The van der Waals surface area contributed by atoms with E-state index in [2.05, 4.69) is 41.5 Å². The van der Waals surface area contributed by atoms with Crippen LogP contribution in [0.3, 0.4) is 0 Å². The first-order chi connectivity index (χ1) is 20.7. The Morgan fingerprint density at radius 2 is 1.71 bits per heavy atom. The fraction of sp³-hybridized carbons (Fsp3) is 0.811. The molecule has 2 saturated carbocycles. The fourth-order valence-corrected chi connectivity index (χ4v) is 11.2. The van der Waals surface area contributed by atoms with Gasteiger partial charge >= 0.3 is 17.9 Å². The average molecular weight is 629 g/mol. The molecule has 10 atom stereocenters. The number of fused-ring (bicyclic) bond motifs is 4. The van der Waals surface area contributed by atoms with Gasteiger partial charge in [-0.05, 0) is 106 Å². The number of carbonyl (C=O) groups excluding carboxylic acids is 2. The van der Waals surface area contributed by atoms with E-state index in [1.807, 2.05) is 13.8 Å². The van der Waals surface area contributed by atoms with Crippen molar-refractivity contribution in [1.29, 1.82) is 0 Å². The Morgan fingerprint density at radius 3 is 2.31 bits per heavy atom. The van der Waals surface area contributed by atoms with Crippen LogP contribution in [0.4, 0.5) is 0 Å². The van der Waals surface area contributed by atoms with E-state index in [1.54, 1.807) is 5.57 Å². The van der Waals surface area contributed by atoms with Gasteiger partial charge in [0, 0.05) is 16.4 Å². The Morgan fingerprint density at radius 1 is 1.04 bits per heavy atom. The first-order valence-electron chi connectivity index (χ1n) is 17.1. The molecule has 0 bridgehead atoms. The van der Waals surface area contributed by atoms with E-state index < -0.39 is 30.1 Å². The molecule has 0 aromatic carbocycles. The van der Waals surface area contributed by atoms with E-state index in [9.17, 15) is 24.6 Å². The lowest BCUT2D eigenvalue weighted by Crippen LogP contribution is -2.58. The van der Waals surface area contributed by atoms with Crippen molar-refractivity contribution in [3.05, 3.63) is 22.3 Å². The summed E-state index contributed by atoms with van der Waals surface area (Å²) >= 11 is 0. The number of hydrogen-bond acceptors (Lipinski definition) is 7. The van der Waals surface area contributed by atoms with Crippen molar-refractivity contribution in [3.63, 3.8) is 0 Å². The molecule has 0 radical (unpaired) electrons. The van der Waals surface area contributed by atoms with Gasteiger partial charge in [0.1, 0.15) is 12.2 Å². The van der Waals surface area contributed by atoms with Crippen LogP contribution in [0.15, 0.2) is 22.3 Å². The van der Waals surface area contributed by atoms with Gasteiger partial charge in [0.15, 0.2) is 0 Å². The second kappa shape index (κ2) is 11.2. The molecule has 2 fully saturated rings. The van der Waals surface area contributed by atoms with Crippen LogP contribution in [0.25, 0.3) is 0 Å². The minimum atomic E-state index is -1.66. The van der Waals surface area contributed by atoms with Gasteiger partial charge in [0.25, 0.3) is 0 Å². The molecule has 45 heavy (non-hydrogen) atoms. The van der Waals surface area contributed by atoms with Crippen molar-refractivity contribution in [3.8, 4) is 0 Å². The topological polar surface area (TPSA) is 130 Å². The number of cyclic esters (lactones) is 1. The van der Waals surface area contributed by atoms with Crippen molar-refractivity contribution in [2.75, 3.05) is 0 Å². The van der Waals surface area contributed by atoms with Gasteiger partial charge < -0.3 is 24.8 Å². The highest BCUT2D eigenvalue weighted by Crippen LogP contribution is 2.72. The van der Waals surface area contributed by atoms with Crippen LogP contribution in [0.5, 0.6) is 0 Å². The van der Waals surface area contributed by atoms with Crippen molar-refractivity contribution < 1.29 is 39.2 Å². The van der Waals surface area contributed by atoms with Crippen molar-refractivity contribution in [2.24, 2.45) is 39.4 Å². The molecule has 3 N–H and O–H groups in total. The summed E-state index contributed by atoms with van der Waals surface area (Å²) in [6.45, 7) is 18.9. The summed E-state index contributed by atoms with van der Waals surface area (Å²) < 4.78 is 11.7. The highest BCUT2D eigenvalue weighted by Gasteiger charge is 2.66. The van der Waals surface area contributed by atoms with Crippen LogP contribution in [0, 0.1) is 39.4 Å². The molecule has 5 rings (SSSR count). The Kier molecular flexibility index (Phi) is 8.51. The van der Waals surface area contributed by atoms with Crippen LogP contribution < -0.4 is 0 Å². The number of ether oxygens (including phenoxy) is 2. The van der Waals surface area contributed by atoms with Crippen LogP contribution in [0.2, 0.25) is 0 Å². The predicted molar refractivity (Wildman–Crippen MR) is 170 cm³/mol. The fourth-order valence-electron chi connectivity index (χ4n) is 11.2. The Labute approximate surface area is 269 Å². The lowest BCUT2D eigenvalue weighted by Gasteiger charge is -2.63. The summed E-state index contributed by atoms with van der Waals surface area (Å²) in [7, 11) is 0. The summed E-state index contributed by atoms with van der Waals surface area (Å²) in [4.78, 5) is 36.3. The van der Waals surface area contributed by atoms with Gasteiger partial charge in [0.2, 0.25) is 0 Å². The molecule has 0 spiro atoms. The van der Waals surface area contributed by atoms with Crippen LogP contribution >= 0.6 is 0 Å². The van der Waals surface area contributed by atoms with Gasteiger partial charge in [-0.15, -0.1) is 0 Å². The molecule has 0 unspecified atom stereocenters. The number of hydrogen-bond donors (Lipinski definition) is 3. The monoisotopic (exact) mass is 628 g/mol. The third-order valence-electron chi connectivity index (χ3n) is 14.1. The smallest absolute Gasteiger partial charge is 0.334 e. The third kappa shape index (κ3) is 5.30. The minimum Gasteiger partial charge on any atom is -0.481 e. The number of rotatable bonds is 8. The number of carbonyl (C=O) groups is 3. The molecule has 252 valence electrons. The van der Waals surface area contributed by atoms with Gasteiger partial charge in [-0.1, -0.05) is 52.7 Å².